The number of anilines is 2. The van der Waals surface area contributed by atoms with Crippen LogP contribution in [0.1, 0.15) is 5.56 Å². The van der Waals surface area contributed by atoms with Crippen molar-refractivity contribution in [1.29, 1.82) is 0 Å². The van der Waals surface area contributed by atoms with Crippen LogP contribution in [0.3, 0.4) is 0 Å². The number of halogens is 1. The molecule has 5 nitrogen and oxygen atoms in total. The second-order valence-corrected chi connectivity index (χ2v) is 4.52. The van der Waals surface area contributed by atoms with Crippen LogP contribution in [-0.2, 0) is 0 Å². The average Bonchev–Trinajstić information content (AvgIpc) is 2.38. The molecule has 2 rings (SSSR count). The molecule has 0 aliphatic rings. The van der Waals surface area contributed by atoms with Crippen LogP contribution in [-0.4, -0.2) is 17.0 Å². The standard InChI is InChI=1S/C13H12ClN3O2/c1-9-3-5-10(6-4-9)16(2)13-11(17(18)19)7-8-12(14)15-13/h3-8H,1-2H3. The average molecular weight is 278 g/mol. The van der Waals surface area contributed by atoms with E-state index < -0.39 is 4.92 Å². The van der Waals surface area contributed by atoms with Gasteiger partial charge in [0.2, 0.25) is 5.82 Å². The van der Waals surface area contributed by atoms with Crippen molar-refractivity contribution in [2.24, 2.45) is 0 Å². The molecule has 0 bridgehead atoms. The third-order valence-corrected chi connectivity index (χ3v) is 2.97. The molecule has 0 aliphatic heterocycles. The summed E-state index contributed by atoms with van der Waals surface area (Å²) < 4.78 is 0. The number of nitrogens with zero attached hydrogens (tertiary/aromatic N) is 3. The minimum atomic E-state index is -0.469. The highest BCUT2D eigenvalue weighted by atomic mass is 35.5. The van der Waals surface area contributed by atoms with Crippen LogP contribution in [0.25, 0.3) is 0 Å². The molecule has 0 amide bonds. The van der Waals surface area contributed by atoms with E-state index in [1.165, 1.54) is 12.1 Å². The molecule has 0 aliphatic carbocycles. The van der Waals surface area contributed by atoms with E-state index in [9.17, 15) is 10.1 Å². The lowest BCUT2D eigenvalue weighted by molar-refractivity contribution is -0.384. The van der Waals surface area contributed by atoms with Crippen molar-refractivity contribution < 1.29 is 4.92 Å². The molecule has 19 heavy (non-hydrogen) atoms. The van der Waals surface area contributed by atoms with Gasteiger partial charge in [0, 0.05) is 18.8 Å². The Morgan fingerprint density at radius 2 is 1.84 bits per heavy atom. The molecule has 1 heterocycles. The molecule has 98 valence electrons. The van der Waals surface area contributed by atoms with E-state index in [2.05, 4.69) is 4.98 Å². The molecule has 0 saturated heterocycles. The maximum absolute atomic E-state index is 11.0. The monoisotopic (exact) mass is 277 g/mol. The molecule has 2 aromatic rings. The summed E-state index contributed by atoms with van der Waals surface area (Å²) in [6, 6.07) is 10.4. The molecular weight excluding hydrogens is 266 g/mol. The van der Waals surface area contributed by atoms with Gasteiger partial charge in [0.05, 0.1) is 4.92 Å². The number of aryl methyl sites for hydroxylation is 1. The highest BCUT2D eigenvalue weighted by Gasteiger charge is 2.20. The Morgan fingerprint density at radius 3 is 2.42 bits per heavy atom. The third kappa shape index (κ3) is 2.82. The second kappa shape index (κ2) is 5.24. The number of hydrogen-bond donors (Lipinski definition) is 0. The van der Waals surface area contributed by atoms with Crippen molar-refractivity contribution in [3.8, 4) is 0 Å². The summed E-state index contributed by atoms with van der Waals surface area (Å²) in [4.78, 5) is 16.2. The minimum Gasteiger partial charge on any atom is -0.324 e. The van der Waals surface area contributed by atoms with Crippen molar-refractivity contribution in [2.75, 3.05) is 11.9 Å². The molecule has 1 aromatic heterocycles. The number of aromatic nitrogens is 1. The van der Waals surface area contributed by atoms with Gasteiger partial charge in [-0.1, -0.05) is 29.3 Å². The Labute approximate surface area is 115 Å². The number of hydrogen-bond acceptors (Lipinski definition) is 4. The van der Waals surface area contributed by atoms with Gasteiger partial charge in [0.1, 0.15) is 5.15 Å². The molecule has 0 fully saturated rings. The van der Waals surface area contributed by atoms with Crippen molar-refractivity contribution in [3.05, 3.63) is 57.2 Å². The first kappa shape index (κ1) is 13.3. The van der Waals surface area contributed by atoms with Gasteiger partial charge in [-0.15, -0.1) is 0 Å². The number of benzene rings is 1. The molecule has 0 unspecified atom stereocenters. The van der Waals surface area contributed by atoms with Gasteiger partial charge in [-0.25, -0.2) is 4.98 Å². The zero-order valence-corrected chi connectivity index (χ0v) is 11.3. The van der Waals surface area contributed by atoms with Crippen LogP contribution >= 0.6 is 11.6 Å². The van der Waals surface area contributed by atoms with Gasteiger partial charge >= 0.3 is 5.69 Å². The summed E-state index contributed by atoms with van der Waals surface area (Å²) >= 11 is 5.82. The highest BCUT2D eigenvalue weighted by molar-refractivity contribution is 6.29. The van der Waals surface area contributed by atoms with Gasteiger partial charge in [-0.3, -0.25) is 10.1 Å². The molecule has 0 spiro atoms. The van der Waals surface area contributed by atoms with E-state index in [1.807, 2.05) is 31.2 Å². The van der Waals surface area contributed by atoms with Gasteiger partial charge in [0.15, 0.2) is 0 Å². The fourth-order valence-electron chi connectivity index (χ4n) is 1.70. The van der Waals surface area contributed by atoms with Gasteiger partial charge in [0.25, 0.3) is 0 Å². The summed E-state index contributed by atoms with van der Waals surface area (Å²) in [6.07, 6.45) is 0. The van der Waals surface area contributed by atoms with Crippen LogP contribution < -0.4 is 4.90 Å². The molecule has 6 heteroatoms. The lowest BCUT2D eigenvalue weighted by Gasteiger charge is -2.18. The topological polar surface area (TPSA) is 59.3 Å². The fourth-order valence-corrected chi connectivity index (χ4v) is 1.84. The zero-order chi connectivity index (χ0) is 14.0. The molecule has 1 aromatic carbocycles. The predicted octanol–water partition coefficient (Wildman–Crippen LogP) is 3.72. The van der Waals surface area contributed by atoms with Crippen LogP contribution in [0, 0.1) is 17.0 Å². The maximum Gasteiger partial charge on any atom is 0.312 e. The van der Waals surface area contributed by atoms with Crippen LogP contribution in [0.5, 0.6) is 0 Å². The highest BCUT2D eigenvalue weighted by Crippen LogP contribution is 2.31. The number of rotatable bonds is 3. The van der Waals surface area contributed by atoms with E-state index in [0.717, 1.165) is 11.3 Å². The minimum absolute atomic E-state index is 0.0764. The summed E-state index contributed by atoms with van der Waals surface area (Å²) in [5.74, 6) is 0.223. The lowest BCUT2D eigenvalue weighted by Crippen LogP contribution is -2.13. The first-order chi connectivity index (χ1) is 8.99. The van der Waals surface area contributed by atoms with Gasteiger partial charge in [-0.05, 0) is 25.1 Å². The Bertz CT molecular complexity index is 614. The maximum atomic E-state index is 11.0. The van der Waals surface area contributed by atoms with Gasteiger partial charge < -0.3 is 4.90 Å². The number of nitro groups is 1. The van der Waals surface area contributed by atoms with E-state index >= 15 is 0 Å². The summed E-state index contributed by atoms with van der Waals surface area (Å²) in [5, 5.41) is 11.2. The Hall–Kier alpha value is -2.14. The van der Waals surface area contributed by atoms with Crippen molar-refractivity contribution in [2.45, 2.75) is 6.92 Å². The Kier molecular flexibility index (Phi) is 3.66. The normalized spacial score (nSPS) is 10.3. The third-order valence-electron chi connectivity index (χ3n) is 2.76. The smallest absolute Gasteiger partial charge is 0.312 e. The van der Waals surface area contributed by atoms with Crippen LogP contribution in [0.2, 0.25) is 5.15 Å². The zero-order valence-electron chi connectivity index (χ0n) is 10.5. The number of pyridine rings is 1. The Morgan fingerprint density at radius 1 is 1.21 bits per heavy atom. The fraction of sp³-hybridized carbons (Fsp3) is 0.154. The first-order valence-electron chi connectivity index (χ1n) is 5.60. The van der Waals surface area contributed by atoms with E-state index in [0.29, 0.717) is 0 Å². The summed E-state index contributed by atoms with van der Waals surface area (Å²) in [6.45, 7) is 1.98. The molecule has 0 atom stereocenters. The van der Waals surface area contributed by atoms with Crippen molar-refractivity contribution >= 4 is 28.8 Å². The summed E-state index contributed by atoms with van der Waals surface area (Å²) in [5.41, 5.74) is 1.85. The first-order valence-corrected chi connectivity index (χ1v) is 5.98. The molecule has 0 radical (unpaired) electrons. The van der Waals surface area contributed by atoms with Crippen LogP contribution in [0.15, 0.2) is 36.4 Å². The summed E-state index contributed by atoms with van der Waals surface area (Å²) in [7, 11) is 1.72. The van der Waals surface area contributed by atoms with E-state index in [-0.39, 0.29) is 16.7 Å². The quantitative estimate of drug-likeness (QED) is 0.487. The SMILES string of the molecule is Cc1ccc(N(C)c2nc(Cl)ccc2[N+](=O)[O-])cc1. The van der Waals surface area contributed by atoms with Crippen molar-refractivity contribution in [1.82, 2.24) is 4.98 Å². The largest absolute Gasteiger partial charge is 0.324 e. The lowest BCUT2D eigenvalue weighted by atomic mass is 10.2. The van der Waals surface area contributed by atoms with E-state index in [4.69, 9.17) is 11.6 Å². The second-order valence-electron chi connectivity index (χ2n) is 4.13. The molecular formula is C13H12ClN3O2. The van der Waals surface area contributed by atoms with Gasteiger partial charge in [-0.2, -0.15) is 0 Å². The molecule has 0 saturated carbocycles. The van der Waals surface area contributed by atoms with Crippen molar-refractivity contribution in [3.63, 3.8) is 0 Å². The Balaban J connectivity index is 2.48. The van der Waals surface area contributed by atoms with E-state index in [1.54, 1.807) is 11.9 Å². The molecule has 0 N–H and O–H groups in total. The van der Waals surface area contributed by atoms with Crippen LogP contribution in [0.4, 0.5) is 17.2 Å². The predicted molar refractivity (Wildman–Crippen MR) is 75.1 cm³/mol.